The molecule has 350 valence electrons. The van der Waals surface area contributed by atoms with E-state index >= 15 is 0 Å². The van der Waals surface area contributed by atoms with Gasteiger partial charge in [-0.1, -0.05) is 159 Å². The van der Waals surface area contributed by atoms with Gasteiger partial charge in [0.05, 0.1) is 6.61 Å². The Kier molecular flexibility index (Phi) is 34.2. The van der Waals surface area contributed by atoms with Gasteiger partial charge in [0.25, 0.3) is 0 Å². The van der Waals surface area contributed by atoms with E-state index < -0.39 is 75.7 Å². The summed E-state index contributed by atoms with van der Waals surface area (Å²) in [5.74, 6) is -1.11. The van der Waals surface area contributed by atoms with Crippen LogP contribution < -0.4 is 0 Å². The molecule has 6 atom stereocenters. The standard InChI is InChI=1S/C46H83O13P/c1-3-5-7-9-11-13-15-17-18-19-20-21-22-23-25-27-29-31-33-35-40(48)58-38(36-56-39(47)34-32-30-28-26-24-16-14-12-10-8-6-4-2)37-57-60(54,55)59-46-44(52)42(50)41(49)43(51)45(46)53/h11,13,17-18,20-21,38,41-46,49-53H,3-10,12,14-16,19,22-37H2,1-2H3,(H,54,55)/b13-11-,18-17-,21-20-. The Labute approximate surface area is 361 Å². The molecule has 0 aromatic rings. The smallest absolute Gasteiger partial charge is 0.462 e. The van der Waals surface area contributed by atoms with Gasteiger partial charge >= 0.3 is 19.8 Å². The van der Waals surface area contributed by atoms with Crippen LogP contribution >= 0.6 is 7.82 Å². The van der Waals surface area contributed by atoms with E-state index in [4.69, 9.17) is 18.5 Å². The van der Waals surface area contributed by atoms with Gasteiger partial charge in [-0.25, -0.2) is 4.57 Å². The second-order valence-corrected chi connectivity index (χ2v) is 17.7. The van der Waals surface area contributed by atoms with Crippen molar-refractivity contribution in [3.63, 3.8) is 0 Å². The number of phosphoric acid groups is 1. The highest BCUT2D eigenvalue weighted by molar-refractivity contribution is 7.47. The fourth-order valence-corrected chi connectivity index (χ4v) is 7.91. The van der Waals surface area contributed by atoms with E-state index in [0.717, 1.165) is 77.0 Å². The van der Waals surface area contributed by atoms with Crippen molar-refractivity contribution in [3.8, 4) is 0 Å². The topological polar surface area (TPSA) is 210 Å². The number of aliphatic hydroxyl groups excluding tert-OH is 5. The summed E-state index contributed by atoms with van der Waals surface area (Å²) in [6.45, 7) is 3.26. The lowest BCUT2D eigenvalue weighted by Gasteiger charge is -2.41. The number of hydrogen-bond acceptors (Lipinski definition) is 12. The molecule has 6 N–H and O–H groups in total. The molecule has 0 aliphatic heterocycles. The van der Waals surface area contributed by atoms with E-state index in [9.17, 15) is 44.6 Å². The molecule has 0 radical (unpaired) electrons. The van der Waals surface area contributed by atoms with Gasteiger partial charge in [-0.2, -0.15) is 0 Å². The maximum absolute atomic E-state index is 12.8. The van der Waals surface area contributed by atoms with E-state index in [2.05, 4.69) is 50.3 Å². The van der Waals surface area contributed by atoms with Crippen molar-refractivity contribution in [1.29, 1.82) is 0 Å². The van der Waals surface area contributed by atoms with Crippen LogP contribution in [0.2, 0.25) is 0 Å². The number of hydrogen-bond donors (Lipinski definition) is 6. The van der Waals surface area contributed by atoms with E-state index in [1.165, 1.54) is 70.6 Å². The molecule has 1 fully saturated rings. The summed E-state index contributed by atoms with van der Waals surface area (Å²) in [6.07, 6.45) is 27.7. The number of unbranched alkanes of at least 4 members (excludes halogenated alkanes) is 20. The van der Waals surface area contributed by atoms with E-state index in [1.54, 1.807) is 0 Å². The van der Waals surface area contributed by atoms with Crippen LogP contribution in [0.4, 0.5) is 0 Å². The van der Waals surface area contributed by atoms with Crippen LogP contribution in [0.15, 0.2) is 36.5 Å². The number of allylic oxidation sites excluding steroid dienone is 6. The Hall–Kier alpha value is -1.93. The highest BCUT2D eigenvalue weighted by Gasteiger charge is 2.51. The summed E-state index contributed by atoms with van der Waals surface area (Å²) in [7, 11) is -5.12. The maximum Gasteiger partial charge on any atom is 0.472 e. The Morgan fingerprint density at radius 2 is 0.900 bits per heavy atom. The zero-order valence-corrected chi connectivity index (χ0v) is 37.9. The second-order valence-electron chi connectivity index (χ2n) is 16.3. The Bertz CT molecular complexity index is 1190. The molecule has 14 heteroatoms. The molecule has 1 rings (SSSR count). The summed E-state index contributed by atoms with van der Waals surface area (Å²) >= 11 is 0. The molecular weight excluding hydrogens is 791 g/mol. The Balaban J connectivity index is 2.46. The first-order valence-electron chi connectivity index (χ1n) is 23.3. The molecule has 60 heavy (non-hydrogen) atoms. The predicted octanol–water partition coefficient (Wildman–Crippen LogP) is 9.00. The molecule has 13 nitrogen and oxygen atoms in total. The number of rotatable bonds is 38. The first kappa shape index (κ1) is 56.1. The summed E-state index contributed by atoms with van der Waals surface area (Å²) in [4.78, 5) is 35.7. The lowest BCUT2D eigenvalue weighted by Crippen LogP contribution is -2.64. The second kappa shape index (κ2) is 36.5. The molecule has 0 saturated heterocycles. The number of ether oxygens (including phenoxy) is 2. The number of aliphatic hydroxyl groups is 5. The lowest BCUT2D eigenvalue weighted by molar-refractivity contribution is -0.220. The van der Waals surface area contributed by atoms with Crippen LogP contribution in [0, 0.1) is 0 Å². The molecule has 6 unspecified atom stereocenters. The summed E-state index contributed by atoms with van der Waals surface area (Å²) < 4.78 is 33.5. The minimum Gasteiger partial charge on any atom is -0.462 e. The third-order valence-corrected chi connectivity index (χ3v) is 11.7. The van der Waals surface area contributed by atoms with E-state index in [1.807, 2.05) is 0 Å². The van der Waals surface area contributed by atoms with Crippen molar-refractivity contribution in [3.05, 3.63) is 36.5 Å². The van der Waals surface area contributed by atoms with Crippen LogP contribution in [0.3, 0.4) is 0 Å². The van der Waals surface area contributed by atoms with Gasteiger partial charge < -0.3 is 39.9 Å². The normalized spacial score (nSPS) is 22.5. The number of phosphoric ester groups is 1. The van der Waals surface area contributed by atoms with Crippen molar-refractivity contribution in [2.75, 3.05) is 13.2 Å². The SMILES string of the molecule is CCCCC/C=C\C/C=C\C/C=C\CCCCCCCCC(=O)OC(COC(=O)CCCCCCCCCCCCCC)COP(=O)(O)OC1C(O)C(O)C(O)C(O)C1O. The van der Waals surface area contributed by atoms with Gasteiger partial charge in [-0.15, -0.1) is 0 Å². The van der Waals surface area contributed by atoms with Gasteiger partial charge in [0.2, 0.25) is 0 Å². The van der Waals surface area contributed by atoms with Crippen LogP contribution in [-0.4, -0.2) is 98.3 Å². The summed E-state index contributed by atoms with van der Waals surface area (Å²) in [5, 5.41) is 50.1. The van der Waals surface area contributed by atoms with E-state index in [0.29, 0.717) is 12.8 Å². The largest absolute Gasteiger partial charge is 0.472 e. The van der Waals surface area contributed by atoms with Gasteiger partial charge in [0.15, 0.2) is 6.10 Å². The molecule has 0 amide bonds. The van der Waals surface area contributed by atoms with Crippen molar-refractivity contribution >= 4 is 19.8 Å². The first-order valence-corrected chi connectivity index (χ1v) is 24.8. The van der Waals surface area contributed by atoms with Crippen LogP contribution in [-0.2, 0) is 32.7 Å². The van der Waals surface area contributed by atoms with Crippen molar-refractivity contribution in [1.82, 2.24) is 0 Å². The third-order valence-electron chi connectivity index (χ3n) is 10.7. The molecule has 0 aromatic heterocycles. The Morgan fingerprint density at radius 1 is 0.517 bits per heavy atom. The molecule has 1 aliphatic rings. The number of esters is 2. The zero-order valence-electron chi connectivity index (χ0n) is 37.0. The van der Waals surface area contributed by atoms with Crippen molar-refractivity contribution in [2.45, 2.75) is 230 Å². The summed E-state index contributed by atoms with van der Waals surface area (Å²) in [6, 6.07) is 0. The fourth-order valence-electron chi connectivity index (χ4n) is 6.94. The minimum atomic E-state index is -5.12. The van der Waals surface area contributed by atoms with Gasteiger partial charge in [-0.3, -0.25) is 18.6 Å². The molecule has 1 aliphatic carbocycles. The average Bonchev–Trinajstić information content (AvgIpc) is 3.23. The van der Waals surface area contributed by atoms with E-state index in [-0.39, 0.29) is 12.8 Å². The Morgan fingerprint density at radius 3 is 1.40 bits per heavy atom. The number of carbonyl (C=O) groups excluding carboxylic acids is 2. The predicted molar refractivity (Wildman–Crippen MR) is 235 cm³/mol. The quantitative estimate of drug-likeness (QED) is 0.0148. The minimum absolute atomic E-state index is 0.0834. The van der Waals surface area contributed by atoms with Crippen LogP contribution in [0.5, 0.6) is 0 Å². The van der Waals surface area contributed by atoms with Crippen LogP contribution in [0.1, 0.15) is 187 Å². The molecule has 0 heterocycles. The summed E-state index contributed by atoms with van der Waals surface area (Å²) in [5.41, 5.74) is 0. The fraction of sp³-hybridized carbons (Fsp3) is 0.826. The third kappa shape index (κ3) is 28.6. The van der Waals surface area contributed by atoms with Crippen molar-refractivity contribution in [2.24, 2.45) is 0 Å². The van der Waals surface area contributed by atoms with Crippen LogP contribution in [0.25, 0.3) is 0 Å². The molecule has 0 bridgehead atoms. The van der Waals surface area contributed by atoms with Gasteiger partial charge in [0.1, 0.15) is 43.2 Å². The molecule has 0 aromatic carbocycles. The lowest BCUT2D eigenvalue weighted by atomic mass is 9.85. The highest BCUT2D eigenvalue weighted by Crippen LogP contribution is 2.47. The monoisotopic (exact) mass is 875 g/mol. The zero-order chi connectivity index (χ0) is 44.3. The van der Waals surface area contributed by atoms with Gasteiger partial charge in [-0.05, 0) is 51.4 Å². The van der Waals surface area contributed by atoms with Crippen molar-refractivity contribution < 1.29 is 63.1 Å². The number of carbonyl (C=O) groups is 2. The molecule has 0 spiro atoms. The van der Waals surface area contributed by atoms with Gasteiger partial charge in [0, 0.05) is 12.8 Å². The molecular formula is C46H83O13P. The average molecular weight is 875 g/mol. The molecule has 1 saturated carbocycles. The highest BCUT2D eigenvalue weighted by atomic mass is 31.2. The maximum atomic E-state index is 12.8. The first-order chi connectivity index (χ1) is 28.9.